The highest BCUT2D eigenvalue weighted by atomic mass is 35.5. The second kappa shape index (κ2) is 6.05. The Morgan fingerprint density at radius 2 is 2.22 bits per heavy atom. The van der Waals surface area contributed by atoms with Crippen molar-refractivity contribution in [2.24, 2.45) is 0 Å². The Labute approximate surface area is 137 Å². The van der Waals surface area contributed by atoms with Gasteiger partial charge in [-0.2, -0.15) is 5.10 Å². The molecule has 1 saturated heterocycles. The molecule has 2 aliphatic rings. The van der Waals surface area contributed by atoms with E-state index in [2.05, 4.69) is 25.5 Å². The van der Waals surface area contributed by atoms with Crippen molar-refractivity contribution in [1.29, 1.82) is 0 Å². The number of aromatic nitrogens is 4. The minimum absolute atomic E-state index is 0.00801. The summed E-state index contributed by atoms with van der Waals surface area (Å²) in [5, 5.41) is 10.5. The maximum absolute atomic E-state index is 13.7. The number of nitrogens with one attached hydrogen (secondary N) is 2. The quantitative estimate of drug-likeness (QED) is 0.876. The fraction of sp³-hybridized carbons (Fsp3) is 0.533. The number of hydrogen-bond acceptors (Lipinski definition) is 5. The van der Waals surface area contributed by atoms with Crippen molar-refractivity contribution < 1.29 is 9.13 Å². The molecule has 4 rings (SSSR count). The summed E-state index contributed by atoms with van der Waals surface area (Å²) in [5.74, 6) is 1.95. The van der Waals surface area contributed by atoms with Crippen LogP contribution in [0.5, 0.6) is 0 Å². The first kappa shape index (κ1) is 14.8. The van der Waals surface area contributed by atoms with Gasteiger partial charge >= 0.3 is 0 Å². The highest BCUT2D eigenvalue weighted by Gasteiger charge is 2.32. The Balaban J connectivity index is 1.32. The maximum Gasteiger partial charge on any atom is 0.166 e. The second-order valence-corrected chi connectivity index (χ2v) is 6.48. The predicted molar refractivity (Wildman–Crippen MR) is 82.9 cm³/mol. The molecule has 0 aromatic carbocycles. The molecule has 8 heteroatoms. The molecule has 3 heterocycles. The summed E-state index contributed by atoms with van der Waals surface area (Å²) in [4.78, 5) is 8.48. The SMILES string of the molecule is Fc1cc(Cl)cnc1NC[C@H]1CC[C@@H](c2nc(C3CC3)n[nH]2)O1. The van der Waals surface area contributed by atoms with Crippen molar-refractivity contribution in [3.05, 3.63) is 34.8 Å². The van der Waals surface area contributed by atoms with E-state index in [1.807, 2.05) is 0 Å². The molecule has 0 spiro atoms. The van der Waals surface area contributed by atoms with Crippen LogP contribution in [0.3, 0.4) is 0 Å². The number of anilines is 1. The summed E-state index contributed by atoms with van der Waals surface area (Å²) in [7, 11) is 0. The van der Waals surface area contributed by atoms with Crippen LogP contribution >= 0.6 is 11.6 Å². The van der Waals surface area contributed by atoms with Gasteiger partial charge in [0.1, 0.15) is 6.10 Å². The molecule has 0 radical (unpaired) electrons. The first-order valence-corrected chi connectivity index (χ1v) is 8.19. The van der Waals surface area contributed by atoms with Crippen molar-refractivity contribution in [2.75, 3.05) is 11.9 Å². The van der Waals surface area contributed by atoms with Gasteiger partial charge in [-0.15, -0.1) is 0 Å². The van der Waals surface area contributed by atoms with E-state index in [9.17, 15) is 4.39 Å². The van der Waals surface area contributed by atoms with Gasteiger partial charge in [-0.25, -0.2) is 14.4 Å². The second-order valence-electron chi connectivity index (χ2n) is 6.04. The van der Waals surface area contributed by atoms with E-state index in [4.69, 9.17) is 16.3 Å². The van der Waals surface area contributed by atoms with E-state index in [-0.39, 0.29) is 23.0 Å². The number of halogens is 2. The van der Waals surface area contributed by atoms with Crippen LogP contribution in [-0.4, -0.2) is 32.8 Å². The maximum atomic E-state index is 13.7. The number of aromatic amines is 1. The van der Waals surface area contributed by atoms with Gasteiger partial charge in [0.2, 0.25) is 0 Å². The minimum Gasteiger partial charge on any atom is -0.365 e. The van der Waals surface area contributed by atoms with Crippen LogP contribution in [0.1, 0.15) is 49.4 Å². The highest BCUT2D eigenvalue weighted by molar-refractivity contribution is 6.30. The summed E-state index contributed by atoms with van der Waals surface area (Å²) in [5.41, 5.74) is 0. The largest absolute Gasteiger partial charge is 0.365 e. The topological polar surface area (TPSA) is 75.7 Å². The number of nitrogens with zero attached hydrogens (tertiary/aromatic N) is 3. The lowest BCUT2D eigenvalue weighted by atomic mass is 10.2. The van der Waals surface area contributed by atoms with Gasteiger partial charge in [0.15, 0.2) is 23.3 Å². The summed E-state index contributed by atoms with van der Waals surface area (Å²) in [6.45, 7) is 0.492. The third-order valence-electron chi connectivity index (χ3n) is 4.18. The number of pyridine rings is 1. The van der Waals surface area contributed by atoms with Gasteiger partial charge in [-0.1, -0.05) is 11.6 Å². The predicted octanol–water partition coefficient (Wildman–Crippen LogP) is 3.20. The third kappa shape index (κ3) is 3.30. The number of ether oxygens (including phenoxy) is 1. The molecule has 1 saturated carbocycles. The van der Waals surface area contributed by atoms with Crippen LogP contribution in [0, 0.1) is 5.82 Å². The van der Waals surface area contributed by atoms with Crippen molar-refractivity contribution in [1.82, 2.24) is 20.2 Å². The van der Waals surface area contributed by atoms with Crippen LogP contribution in [0.4, 0.5) is 10.2 Å². The Morgan fingerprint density at radius 1 is 1.35 bits per heavy atom. The smallest absolute Gasteiger partial charge is 0.166 e. The Bertz CT molecular complexity index is 705. The Hall–Kier alpha value is -1.73. The molecule has 1 aliphatic heterocycles. The van der Waals surface area contributed by atoms with Crippen molar-refractivity contribution >= 4 is 17.4 Å². The standard InChI is InChI=1S/C15H17ClFN5O/c16-9-5-11(17)14(18-6-9)19-7-10-3-4-12(23-10)15-20-13(21-22-15)8-1-2-8/h5-6,8,10,12H,1-4,7H2,(H,18,19)(H,20,21,22)/t10-,12+/m1/s1. The molecule has 0 unspecified atom stereocenters. The van der Waals surface area contributed by atoms with Gasteiger partial charge in [0.25, 0.3) is 0 Å². The van der Waals surface area contributed by atoms with Gasteiger partial charge in [-0.05, 0) is 31.7 Å². The van der Waals surface area contributed by atoms with E-state index < -0.39 is 5.82 Å². The molecule has 2 atom stereocenters. The van der Waals surface area contributed by atoms with E-state index in [1.165, 1.54) is 25.1 Å². The summed E-state index contributed by atoms with van der Waals surface area (Å²) in [6.07, 6.45) is 5.45. The molecular formula is C15H17ClFN5O. The lowest BCUT2D eigenvalue weighted by Crippen LogP contribution is -2.20. The zero-order valence-electron chi connectivity index (χ0n) is 12.4. The average Bonchev–Trinajstić information content (AvgIpc) is 3.08. The zero-order valence-corrected chi connectivity index (χ0v) is 13.2. The molecule has 2 N–H and O–H groups in total. The van der Waals surface area contributed by atoms with Crippen LogP contribution < -0.4 is 5.32 Å². The lowest BCUT2D eigenvalue weighted by molar-refractivity contribution is 0.0471. The van der Waals surface area contributed by atoms with Crippen LogP contribution in [0.2, 0.25) is 5.02 Å². The first-order valence-electron chi connectivity index (χ1n) is 7.81. The van der Waals surface area contributed by atoms with E-state index in [0.29, 0.717) is 12.5 Å². The Kier molecular flexibility index (Phi) is 3.90. The van der Waals surface area contributed by atoms with Crippen LogP contribution in [-0.2, 0) is 4.74 Å². The van der Waals surface area contributed by atoms with Gasteiger partial charge in [-0.3, -0.25) is 5.10 Å². The molecule has 2 fully saturated rings. The monoisotopic (exact) mass is 337 g/mol. The van der Waals surface area contributed by atoms with Gasteiger partial charge in [0, 0.05) is 18.7 Å². The number of hydrogen-bond donors (Lipinski definition) is 2. The van der Waals surface area contributed by atoms with Gasteiger partial charge < -0.3 is 10.1 Å². The van der Waals surface area contributed by atoms with Crippen LogP contribution in [0.15, 0.2) is 12.3 Å². The number of rotatable bonds is 5. The fourth-order valence-corrected chi connectivity index (χ4v) is 2.91. The molecule has 6 nitrogen and oxygen atoms in total. The number of H-pyrrole nitrogens is 1. The fourth-order valence-electron chi connectivity index (χ4n) is 2.77. The minimum atomic E-state index is -0.462. The molecule has 2 aromatic rings. The van der Waals surface area contributed by atoms with Gasteiger partial charge in [0.05, 0.1) is 11.1 Å². The zero-order chi connectivity index (χ0) is 15.8. The van der Waals surface area contributed by atoms with E-state index in [0.717, 1.165) is 24.5 Å². The lowest BCUT2D eigenvalue weighted by Gasteiger charge is -2.13. The third-order valence-corrected chi connectivity index (χ3v) is 4.39. The summed E-state index contributed by atoms with van der Waals surface area (Å²) >= 11 is 5.69. The van der Waals surface area contributed by atoms with E-state index in [1.54, 1.807) is 0 Å². The summed E-state index contributed by atoms with van der Waals surface area (Å²) < 4.78 is 19.7. The molecule has 122 valence electrons. The molecule has 1 aliphatic carbocycles. The van der Waals surface area contributed by atoms with Crippen molar-refractivity contribution in [3.8, 4) is 0 Å². The average molecular weight is 338 g/mol. The molecule has 0 amide bonds. The van der Waals surface area contributed by atoms with E-state index >= 15 is 0 Å². The van der Waals surface area contributed by atoms with Crippen molar-refractivity contribution in [2.45, 2.75) is 43.8 Å². The molecular weight excluding hydrogens is 321 g/mol. The first-order chi connectivity index (χ1) is 11.2. The summed E-state index contributed by atoms with van der Waals surface area (Å²) in [6, 6.07) is 1.24. The highest BCUT2D eigenvalue weighted by Crippen LogP contribution is 2.39. The van der Waals surface area contributed by atoms with Crippen molar-refractivity contribution in [3.63, 3.8) is 0 Å². The molecule has 23 heavy (non-hydrogen) atoms. The normalized spacial score (nSPS) is 24.1. The molecule has 2 aromatic heterocycles. The Morgan fingerprint density at radius 3 is 3.00 bits per heavy atom. The molecule has 0 bridgehead atoms. The van der Waals surface area contributed by atoms with Crippen LogP contribution in [0.25, 0.3) is 0 Å².